The third-order valence-electron chi connectivity index (χ3n) is 5.04. The summed E-state index contributed by atoms with van der Waals surface area (Å²) in [6, 6.07) is 2.12. The molecule has 132 valence electrons. The van der Waals surface area contributed by atoms with E-state index in [2.05, 4.69) is 13.0 Å². The van der Waals surface area contributed by atoms with E-state index in [0.717, 1.165) is 23.6 Å². The predicted octanol–water partition coefficient (Wildman–Crippen LogP) is 3.20. The van der Waals surface area contributed by atoms with Gasteiger partial charge in [0.15, 0.2) is 0 Å². The van der Waals surface area contributed by atoms with E-state index in [0.29, 0.717) is 26.2 Å². The third-order valence-corrected chi connectivity index (χ3v) is 6.26. The molecule has 1 saturated heterocycles. The molecule has 1 unspecified atom stereocenters. The van der Waals surface area contributed by atoms with Crippen LogP contribution in [0.3, 0.4) is 0 Å². The van der Waals surface area contributed by atoms with Crippen LogP contribution in [-0.2, 0) is 17.6 Å². The Balaban J connectivity index is 1.63. The van der Waals surface area contributed by atoms with E-state index < -0.39 is 0 Å². The number of amides is 2. The number of fused-ring (bicyclic) bond motifs is 1. The quantitative estimate of drug-likeness (QED) is 0.782. The summed E-state index contributed by atoms with van der Waals surface area (Å²) in [5, 5.41) is 0. The Hall–Kier alpha value is -1.36. The lowest BCUT2D eigenvalue weighted by Gasteiger charge is -2.37. The monoisotopic (exact) mass is 348 g/mol. The van der Waals surface area contributed by atoms with Crippen molar-refractivity contribution in [3.63, 3.8) is 0 Å². The fraction of sp³-hybridized carbons (Fsp3) is 0.684. The Morgan fingerprint density at radius 1 is 1.12 bits per heavy atom. The molecule has 1 aliphatic carbocycles. The molecule has 1 aromatic heterocycles. The van der Waals surface area contributed by atoms with Gasteiger partial charge in [0.25, 0.3) is 5.91 Å². The lowest BCUT2D eigenvalue weighted by molar-refractivity contribution is -0.140. The molecular formula is C19H28N2O2S. The Morgan fingerprint density at radius 3 is 2.38 bits per heavy atom. The smallest absolute Gasteiger partial charge is 0.264 e. The van der Waals surface area contributed by atoms with Crippen LogP contribution in [0.4, 0.5) is 0 Å². The Bertz CT molecular complexity index is 636. The average Bonchev–Trinajstić information content (AvgIpc) is 2.95. The number of piperazine rings is 1. The van der Waals surface area contributed by atoms with Crippen LogP contribution in [-0.4, -0.2) is 47.8 Å². The molecule has 1 aromatic rings. The molecule has 24 heavy (non-hydrogen) atoms. The maximum atomic E-state index is 12.8. The molecule has 1 atom stereocenters. The zero-order valence-corrected chi connectivity index (χ0v) is 16.0. The van der Waals surface area contributed by atoms with E-state index >= 15 is 0 Å². The number of thiophene rings is 1. The standard InChI is InChI=1S/C19H28N2O2S/c1-13-5-6-15-14(11-13)12-16(24-15)17(22)20-7-9-21(10-8-20)18(23)19(2,3)4/h12-13H,5-11H2,1-4H3. The summed E-state index contributed by atoms with van der Waals surface area (Å²) < 4.78 is 0. The lowest BCUT2D eigenvalue weighted by atomic mass is 9.90. The highest BCUT2D eigenvalue weighted by molar-refractivity contribution is 7.14. The van der Waals surface area contributed by atoms with Gasteiger partial charge in [-0.2, -0.15) is 0 Å². The molecule has 0 saturated carbocycles. The number of hydrogen-bond acceptors (Lipinski definition) is 3. The normalized spacial score (nSPS) is 21.6. The first-order chi connectivity index (χ1) is 11.3. The van der Waals surface area contributed by atoms with Gasteiger partial charge in [-0.05, 0) is 36.8 Å². The molecule has 2 aliphatic rings. The van der Waals surface area contributed by atoms with Crippen LogP contribution >= 0.6 is 11.3 Å². The summed E-state index contributed by atoms with van der Waals surface area (Å²) in [6.07, 6.45) is 3.45. The van der Waals surface area contributed by atoms with Crippen molar-refractivity contribution in [3.05, 3.63) is 21.4 Å². The van der Waals surface area contributed by atoms with Crippen LogP contribution in [0.25, 0.3) is 0 Å². The minimum Gasteiger partial charge on any atom is -0.339 e. The number of nitrogens with zero attached hydrogens (tertiary/aromatic N) is 2. The van der Waals surface area contributed by atoms with Crippen molar-refractivity contribution in [1.82, 2.24) is 9.80 Å². The molecule has 2 heterocycles. The van der Waals surface area contributed by atoms with Gasteiger partial charge in [-0.15, -0.1) is 11.3 Å². The molecule has 2 amide bonds. The highest BCUT2D eigenvalue weighted by atomic mass is 32.1. The second kappa shape index (κ2) is 6.51. The number of hydrogen-bond donors (Lipinski definition) is 0. The number of aryl methyl sites for hydroxylation is 1. The fourth-order valence-corrected chi connectivity index (χ4v) is 4.73. The molecule has 0 spiro atoms. The van der Waals surface area contributed by atoms with Crippen molar-refractivity contribution in [1.29, 1.82) is 0 Å². The minimum absolute atomic E-state index is 0.143. The molecule has 1 aliphatic heterocycles. The molecule has 0 radical (unpaired) electrons. The van der Waals surface area contributed by atoms with Crippen LogP contribution in [0.1, 0.15) is 54.2 Å². The van der Waals surface area contributed by atoms with Crippen molar-refractivity contribution in [2.75, 3.05) is 26.2 Å². The van der Waals surface area contributed by atoms with E-state index in [-0.39, 0.29) is 17.2 Å². The molecule has 5 heteroatoms. The first kappa shape index (κ1) is 17.5. The summed E-state index contributed by atoms with van der Waals surface area (Å²) in [6.45, 7) is 10.7. The van der Waals surface area contributed by atoms with Crippen molar-refractivity contribution >= 4 is 23.2 Å². The lowest BCUT2D eigenvalue weighted by Crippen LogP contribution is -2.52. The van der Waals surface area contributed by atoms with E-state index in [1.807, 2.05) is 30.6 Å². The molecule has 0 N–H and O–H groups in total. The average molecular weight is 349 g/mol. The molecule has 0 bridgehead atoms. The molecule has 1 fully saturated rings. The fourth-order valence-electron chi connectivity index (χ4n) is 3.55. The van der Waals surface area contributed by atoms with Gasteiger partial charge in [0.2, 0.25) is 5.91 Å². The Labute approximate surface area is 148 Å². The summed E-state index contributed by atoms with van der Waals surface area (Å²) in [5.74, 6) is 1.04. The van der Waals surface area contributed by atoms with Gasteiger partial charge >= 0.3 is 0 Å². The number of rotatable bonds is 1. The van der Waals surface area contributed by atoms with Crippen LogP contribution in [0.15, 0.2) is 6.07 Å². The van der Waals surface area contributed by atoms with Crippen molar-refractivity contribution in [2.24, 2.45) is 11.3 Å². The van der Waals surface area contributed by atoms with Crippen molar-refractivity contribution in [2.45, 2.75) is 47.0 Å². The zero-order valence-electron chi connectivity index (χ0n) is 15.2. The second-order valence-corrected chi connectivity index (χ2v) is 9.38. The van der Waals surface area contributed by atoms with E-state index in [9.17, 15) is 9.59 Å². The molecule has 3 rings (SSSR count). The minimum atomic E-state index is -0.352. The first-order valence-corrected chi connectivity index (χ1v) is 9.77. The van der Waals surface area contributed by atoms with Gasteiger partial charge in [0.05, 0.1) is 4.88 Å². The van der Waals surface area contributed by atoms with Gasteiger partial charge in [-0.25, -0.2) is 0 Å². The summed E-state index contributed by atoms with van der Waals surface area (Å²) in [5.41, 5.74) is 1.03. The number of carbonyl (C=O) groups excluding carboxylic acids is 2. The Kier molecular flexibility index (Phi) is 4.73. The van der Waals surface area contributed by atoms with Gasteiger partial charge in [-0.3, -0.25) is 9.59 Å². The summed E-state index contributed by atoms with van der Waals surface area (Å²) >= 11 is 1.68. The second-order valence-electron chi connectivity index (χ2n) is 8.24. The highest BCUT2D eigenvalue weighted by Crippen LogP contribution is 2.33. The van der Waals surface area contributed by atoms with Gasteiger partial charge < -0.3 is 9.80 Å². The maximum Gasteiger partial charge on any atom is 0.264 e. The van der Waals surface area contributed by atoms with Crippen LogP contribution in [0, 0.1) is 11.3 Å². The van der Waals surface area contributed by atoms with E-state index in [1.54, 1.807) is 11.3 Å². The topological polar surface area (TPSA) is 40.6 Å². The molecule has 4 nitrogen and oxygen atoms in total. The van der Waals surface area contributed by atoms with Gasteiger partial charge in [0.1, 0.15) is 0 Å². The number of carbonyl (C=O) groups is 2. The molecule has 0 aromatic carbocycles. The largest absolute Gasteiger partial charge is 0.339 e. The summed E-state index contributed by atoms with van der Waals surface area (Å²) in [7, 11) is 0. The first-order valence-electron chi connectivity index (χ1n) is 8.96. The van der Waals surface area contributed by atoms with Crippen molar-refractivity contribution < 1.29 is 9.59 Å². The van der Waals surface area contributed by atoms with Crippen LogP contribution in [0.2, 0.25) is 0 Å². The predicted molar refractivity (Wildman–Crippen MR) is 97.4 cm³/mol. The van der Waals surface area contributed by atoms with Gasteiger partial charge in [0, 0.05) is 36.5 Å². The zero-order chi connectivity index (χ0) is 17.5. The highest BCUT2D eigenvalue weighted by Gasteiger charge is 2.31. The van der Waals surface area contributed by atoms with E-state index in [4.69, 9.17) is 0 Å². The van der Waals surface area contributed by atoms with Crippen LogP contribution in [0.5, 0.6) is 0 Å². The Morgan fingerprint density at radius 2 is 1.75 bits per heavy atom. The van der Waals surface area contributed by atoms with E-state index in [1.165, 1.54) is 16.9 Å². The summed E-state index contributed by atoms with van der Waals surface area (Å²) in [4.78, 5) is 31.2. The van der Waals surface area contributed by atoms with Gasteiger partial charge in [-0.1, -0.05) is 27.7 Å². The maximum absolute atomic E-state index is 12.8. The van der Waals surface area contributed by atoms with Crippen molar-refractivity contribution in [3.8, 4) is 0 Å². The van der Waals surface area contributed by atoms with Crippen LogP contribution < -0.4 is 0 Å². The molecular weight excluding hydrogens is 320 g/mol. The SMILES string of the molecule is CC1CCc2sc(C(=O)N3CCN(C(=O)C(C)(C)C)CC3)cc2C1. The third kappa shape index (κ3) is 3.51.